The second kappa shape index (κ2) is 6.21. The summed E-state index contributed by atoms with van der Waals surface area (Å²) in [5.41, 5.74) is 1.10. The van der Waals surface area contributed by atoms with Crippen LogP contribution in [0.15, 0.2) is 16.7 Å². The predicted octanol–water partition coefficient (Wildman–Crippen LogP) is 2.06. The molecular weight excluding hydrogens is 238 g/mol. The Kier molecular flexibility index (Phi) is 5.21. The molecule has 1 atom stereocenters. The SMILES string of the molecule is CCS(=O)(=O)CCCC(NC)c1occc1C. The van der Waals surface area contributed by atoms with Gasteiger partial charge in [0.05, 0.1) is 18.1 Å². The molecule has 1 heterocycles. The Labute approximate surface area is 103 Å². The number of hydrogen-bond donors (Lipinski definition) is 1. The zero-order valence-corrected chi connectivity index (χ0v) is 11.5. The molecule has 1 rings (SSSR count). The van der Waals surface area contributed by atoms with Crippen molar-refractivity contribution in [3.63, 3.8) is 0 Å². The molecule has 0 aliphatic rings. The Hall–Kier alpha value is -0.810. The van der Waals surface area contributed by atoms with Crippen LogP contribution in [0.5, 0.6) is 0 Å². The van der Waals surface area contributed by atoms with E-state index in [0.717, 1.165) is 17.7 Å². The van der Waals surface area contributed by atoms with E-state index in [2.05, 4.69) is 5.32 Å². The van der Waals surface area contributed by atoms with Crippen LogP contribution in [0.4, 0.5) is 0 Å². The Morgan fingerprint density at radius 1 is 1.47 bits per heavy atom. The van der Waals surface area contributed by atoms with Crippen molar-refractivity contribution < 1.29 is 12.8 Å². The quantitative estimate of drug-likeness (QED) is 0.814. The summed E-state index contributed by atoms with van der Waals surface area (Å²) in [6.07, 6.45) is 3.09. The fourth-order valence-corrected chi connectivity index (χ4v) is 2.69. The second-order valence-corrected chi connectivity index (χ2v) is 6.66. The Morgan fingerprint density at radius 3 is 2.65 bits per heavy atom. The summed E-state index contributed by atoms with van der Waals surface area (Å²) in [5.74, 6) is 1.37. The Bertz CT molecular complexity index is 436. The molecule has 17 heavy (non-hydrogen) atoms. The molecule has 1 N–H and O–H groups in total. The van der Waals surface area contributed by atoms with Crippen molar-refractivity contribution in [1.29, 1.82) is 0 Å². The first kappa shape index (κ1) is 14.3. The third-order valence-corrected chi connectivity index (χ3v) is 4.74. The topological polar surface area (TPSA) is 59.3 Å². The van der Waals surface area contributed by atoms with Gasteiger partial charge in [-0.25, -0.2) is 8.42 Å². The lowest BCUT2D eigenvalue weighted by atomic mass is 10.1. The molecule has 4 nitrogen and oxygen atoms in total. The largest absolute Gasteiger partial charge is 0.467 e. The molecule has 0 spiro atoms. The zero-order valence-electron chi connectivity index (χ0n) is 10.7. The molecule has 0 fully saturated rings. The van der Waals surface area contributed by atoms with Gasteiger partial charge >= 0.3 is 0 Å². The minimum absolute atomic E-state index is 0.0945. The molecular formula is C12H21NO3S. The molecule has 5 heteroatoms. The molecule has 1 aromatic rings. The van der Waals surface area contributed by atoms with Gasteiger partial charge in [0, 0.05) is 5.75 Å². The van der Waals surface area contributed by atoms with E-state index >= 15 is 0 Å². The van der Waals surface area contributed by atoms with Gasteiger partial charge in [0.2, 0.25) is 0 Å². The number of furan rings is 1. The average Bonchev–Trinajstić information content (AvgIpc) is 2.71. The highest BCUT2D eigenvalue weighted by molar-refractivity contribution is 7.91. The van der Waals surface area contributed by atoms with Crippen LogP contribution in [-0.4, -0.2) is 27.0 Å². The first-order chi connectivity index (χ1) is 8.00. The molecule has 0 saturated carbocycles. The van der Waals surface area contributed by atoms with Crippen molar-refractivity contribution in [3.05, 3.63) is 23.7 Å². The lowest BCUT2D eigenvalue weighted by Crippen LogP contribution is -2.18. The van der Waals surface area contributed by atoms with Gasteiger partial charge in [-0.05, 0) is 38.4 Å². The minimum Gasteiger partial charge on any atom is -0.467 e. The van der Waals surface area contributed by atoms with Crippen molar-refractivity contribution in [2.45, 2.75) is 32.7 Å². The van der Waals surface area contributed by atoms with Crippen LogP contribution >= 0.6 is 0 Å². The van der Waals surface area contributed by atoms with Gasteiger partial charge in [-0.15, -0.1) is 0 Å². The molecule has 0 bridgehead atoms. The number of nitrogens with one attached hydrogen (secondary N) is 1. The summed E-state index contributed by atoms with van der Waals surface area (Å²) in [7, 11) is -0.999. The molecule has 1 aromatic heterocycles. The van der Waals surface area contributed by atoms with E-state index in [9.17, 15) is 8.42 Å². The van der Waals surface area contributed by atoms with E-state index in [4.69, 9.17) is 4.42 Å². The standard InChI is InChI=1S/C12H21NO3S/c1-4-17(14,15)9-5-6-11(13-3)12-10(2)7-8-16-12/h7-8,11,13H,4-6,9H2,1-3H3. The van der Waals surface area contributed by atoms with Crippen LogP contribution in [0.2, 0.25) is 0 Å². The zero-order chi connectivity index (χ0) is 12.9. The van der Waals surface area contributed by atoms with E-state index in [-0.39, 0.29) is 17.5 Å². The maximum atomic E-state index is 11.4. The Balaban J connectivity index is 2.52. The van der Waals surface area contributed by atoms with Gasteiger partial charge in [0.1, 0.15) is 15.6 Å². The second-order valence-electron chi connectivity index (χ2n) is 4.19. The van der Waals surface area contributed by atoms with Gasteiger partial charge in [0.15, 0.2) is 0 Å². The highest BCUT2D eigenvalue weighted by Crippen LogP contribution is 2.22. The van der Waals surface area contributed by atoms with E-state index in [1.165, 1.54) is 0 Å². The van der Waals surface area contributed by atoms with E-state index < -0.39 is 9.84 Å². The number of sulfone groups is 1. The summed E-state index contributed by atoms with van der Waals surface area (Å²) in [6, 6.07) is 2.01. The number of rotatable bonds is 7. The van der Waals surface area contributed by atoms with Crippen LogP contribution in [0, 0.1) is 6.92 Å². The lowest BCUT2D eigenvalue weighted by molar-refractivity contribution is 0.409. The van der Waals surface area contributed by atoms with Crippen LogP contribution < -0.4 is 5.32 Å². The van der Waals surface area contributed by atoms with Gasteiger partial charge < -0.3 is 9.73 Å². The van der Waals surface area contributed by atoms with Gasteiger partial charge in [-0.3, -0.25) is 0 Å². The van der Waals surface area contributed by atoms with Crippen LogP contribution in [0.1, 0.15) is 37.1 Å². The van der Waals surface area contributed by atoms with Crippen molar-refractivity contribution >= 4 is 9.84 Å². The smallest absolute Gasteiger partial charge is 0.150 e. The molecule has 0 amide bonds. The maximum Gasteiger partial charge on any atom is 0.150 e. The highest BCUT2D eigenvalue weighted by Gasteiger charge is 2.16. The Morgan fingerprint density at radius 2 is 2.18 bits per heavy atom. The first-order valence-electron chi connectivity index (χ1n) is 5.92. The fourth-order valence-electron chi connectivity index (χ4n) is 1.80. The molecule has 0 aliphatic carbocycles. The molecule has 0 radical (unpaired) electrons. The minimum atomic E-state index is -2.86. The molecule has 98 valence electrons. The summed E-state index contributed by atoms with van der Waals surface area (Å²) in [4.78, 5) is 0. The van der Waals surface area contributed by atoms with Gasteiger partial charge in [0.25, 0.3) is 0 Å². The molecule has 0 aliphatic heterocycles. The number of hydrogen-bond acceptors (Lipinski definition) is 4. The summed E-state index contributed by atoms with van der Waals surface area (Å²) in [5, 5.41) is 3.16. The summed E-state index contributed by atoms with van der Waals surface area (Å²) < 4.78 is 28.2. The average molecular weight is 259 g/mol. The van der Waals surface area contributed by atoms with Gasteiger partial charge in [-0.1, -0.05) is 6.92 Å². The number of aryl methyl sites for hydroxylation is 1. The third kappa shape index (κ3) is 4.16. The first-order valence-corrected chi connectivity index (χ1v) is 7.74. The summed E-state index contributed by atoms with van der Waals surface area (Å²) in [6.45, 7) is 3.67. The fraction of sp³-hybridized carbons (Fsp3) is 0.667. The summed E-state index contributed by atoms with van der Waals surface area (Å²) >= 11 is 0. The van der Waals surface area contributed by atoms with Gasteiger partial charge in [-0.2, -0.15) is 0 Å². The molecule has 0 aromatic carbocycles. The van der Waals surface area contributed by atoms with Crippen molar-refractivity contribution in [2.24, 2.45) is 0 Å². The normalized spacial score (nSPS) is 13.8. The molecule has 0 saturated heterocycles. The van der Waals surface area contributed by atoms with Crippen molar-refractivity contribution in [1.82, 2.24) is 5.32 Å². The van der Waals surface area contributed by atoms with Crippen molar-refractivity contribution in [2.75, 3.05) is 18.6 Å². The van der Waals surface area contributed by atoms with Crippen LogP contribution in [0.3, 0.4) is 0 Å². The highest BCUT2D eigenvalue weighted by atomic mass is 32.2. The predicted molar refractivity (Wildman–Crippen MR) is 68.8 cm³/mol. The lowest BCUT2D eigenvalue weighted by Gasteiger charge is -2.14. The van der Waals surface area contributed by atoms with E-state index in [1.807, 2.05) is 20.0 Å². The molecule has 1 unspecified atom stereocenters. The maximum absolute atomic E-state index is 11.4. The van der Waals surface area contributed by atoms with Crippen molar-refractivity contribution in [3.8, 4) is 0 Å². The monoisotopic (exact) mass is 259 g/mol. The third-order valence-electron chi connectivity index (χ3n) is 2.95. The van der Waals surface area contributed by atoms with E-state index in [1.54, 1.807) is 13.2 Å². The van der Waals surface area contributed by atoms with E-state index in [0.29, 0.717) is 6.42 Å². The van der Waals surface area contributed by atoms with Crippen LogP contribution in [0.25, 0.3) is 0 Å². The van der Waals surface area contributed by atoms with Crippen LogP contribution in [-0.2, 0) is 9.84 Å².